The summed E-state index contributed by atoms with van der Waals surface area (Å²) < 4.78 is 4.70. The van der Waals surface area contributed by atoms with E-state index in [9.17, 15) is 14.4 Å². The van der Waals surface area contributed by atoms with Crippen LogP contribution in [-0.4, -0.2) is 46.8 Å². The summed E-state index contributed by atoms with van der Waals surface area (Å²) in [5.74, 6) is -0.941. The maximum absolute atomic E-state index is 13.2. The highest BCUT2D eigenvalue weighted by Gasteiger charge is 2.35. The van der Waals surface area contributed by atoms with Gasteiger partial charge in [-0.2, -0.15) is 0 Å². The number of hydrogen-bond acceptors (Lipinski definition) is 6. The second kappa shape index (κ2) is 11.9. The molecule has 7 nitrogen and oxygen atoms in total. The van der Waals surface area contributed by atoms with Crippen molar-refractivity contribution < 1.29 is 19.1 Å². The molecule has 0 spiro atoms. The van der Waals surface area contributed by atoms with Crippen LogP contribution in [0.5, 0.6) is 0 Å². The molecule has 9 heteroatoms. The molecule has 0 saturated carbocycles. The second-order valence-electron chi connectivity index (χ2n) is 8.02. The third-order valence-electron chi connectivity index (χ3n) is 5.52. The van der Waals surface area contributed by atoms with E-state index in [2.05, 4.69) is 10.3 Å². The van der Waals surface area contributed by atoms with E-state index < -0.39 is 11.2 Å². The van der Waals surface area contributed by atoms with Gasteiger partial charge in [-0.1, -0.05) is 53.7 Å². The fourth-order valence-electron chi connectivity index (χ4n) is 3.60. The van der Waals surface area contributed by atoms with E-state index >= 15 is 0 Å². The van der Waals surface area contributed by atoms with Gasteiger partial charge in [-0.3, -0.25) is 14.5 Å². The molecular formula is C27H24ClN3O4S. The molecule has 0 bridgehead atoms. The molecule has 1 aliphatic heterocycles. The first-order chi connectivity index (χ1) is 17.4. The Bertz CT molecular complexity index is 1260. The molecule has 1 aliphatic rings. The van der Waals surface area contributed by atoms with Crippen molar-refractivity contribution in [3.63, 3.8) is 0 Å². The van der Waals surface area contributed by atoms with Crippen molar-refractivity contribution in [3.05, 3.63) is 95.0 Å². The fraction of sp³-hybridized carbons (Fsp3) is 0.185. The third kappa shape index (κ3) is 6.53. The zero-order valence-electron chi connectivity index (χ0n) is 19.5. The highest BCUT2D eigenvalue weighted by Crippen LogP contribution is 2.30. The van der Waals surface area contributed by atoms with Gasteiger partial charge in [0.1, 0.15) is 5.25 Å². The van der Waals surface area contributed by atoms with Crippen molar-refractivity contribution in [2.24, 2.45) is 4.99 Å². The Morgan fingerprint density at radius 2 is 1.75 bits per heavy atom. The number of esters is 1. The summed E-state index contributed by atoms with van der Waals surface area (Å²) in [5, 5.41) is 3.22. The third-order valence-corrected chi connectivity index (χ3v) is 6.96. The Labute approximate surface area is 218 Å². The molecule has 3 aromatic carbocycles. The van der Waals surface area contributed by atoms with Crippen molar-refractivity contribution in [2.75, 3.05) is 19.0 Å². The highest BCUT2D eigenvalue weighted by atomic mass is 35.5. The maximum atomic E-state index is 13.2. The fourth-order valence-corrected chi connectivity index (χ4v) is 4.85. The number of amides is 2. The van der Waals surface area contributed by atoms with Crippen molar-refractivity contribution >= 4 is 57.7 Å². The molecule has 1 unspecified atom stereocenters. The topological polar surface area (TPSA) is 88.1 Å². The lowest BCUT2D eigenvalue weighted by atomic mass is 10.1. The van der Waals surface area contributed by atoms with Crippen molar-refractivity contribution in [1.82, 2.24) is 4.90 Å². The van der Waals surface area contributed by atoms with Gasteiger partial charge in [0.05, 0.1) is 18.4 Å². The van der Waals surface area contributed by atoms with E-state index in [-0.39, 0.29) is 18.2 Å². The second-order valence-corrected chi connectivity index (χ2v) is 9.63. The van der Waals surface area contributed by atoms with Gasteiger partial charge in [-0.15, -0.1) is 0 Å². The predicted molar refractivity (Wildman–Crippen MR) is 143 cm³/mol. The number of hydrogen-bond donors (Lipinski definition) is 1. The van der Waals surface area contributed by atoms with Gasteiger partial charge in [0.2, 0.25) is 11.8 Å². The van der Waals surface area contributed by atoms with Crippen LogP contribution in [0.15, 0.2) is 83.9 Å². The van der Waals surface area contributed by atoms with Crippen LogP contribution in [0.3, 0.4) is 0 Å². The average molecular weight is 522 g/mol. The van der Waals surface area contributed by atoms with E-state index in [4.69, 9.17) is 16.3 Å². The Balaban J connectivity index is 1.51. The van der Waals surface area contributed by atoms with Crippen molar-refractivity contribution in [1.29, 1.82) is 0 Å². The van der Waals surface area contributed by atoms with E-state index in [0.717, 1.165) is 5.56 Å². The number of halogens is 1. The molecule has 0 aromatic heterocycles. The van der Waals surface area contributed by atoms with Gasteiger partial charge in [0, 0.05) is 23.7 Å². The normalized spacial score (nSPS) is 16.6. The molecular weight excluding hydrogens is 498 g/mol. The zero-order valence-corrected chi connectivity index (χ0v) is 21.1. The largest absolute Gasteiger partial charge is 0.465 e. The van der Waals surface area contributed by atoms with Crippen LogP contribution in [0.25, 0.3) is 0 Å². The minimum Gasteiger partial charge on any atom is -0.465 e. The molecule has 3 aromatic rings. The molecule has 1 N–H and O–H groups in total. The standard InChI is InChI=1S/C27H24ClN3O4S/c1-35-26(34)19-7-11-21(12-8-19)29-25(33)23-17-24(32)31(16-15-18-5-3-2-4-6-18)27(36-23)30-22-13-9-20(28)10-14-22/h2-14,23H,15-17H2,1H3,(H,29,33). The molecule has 1 atom stereocenters. The number of benzene rings is 3. The summed E-state index contributed by atoms with van der Waals surface area (Å²) in [6.07, 6.45) is 0.710. The zero-order chi connectivity index (χ0) is 25.5. The lowest BCUT2D eigenvalue weighted by Gasteiger charge is -2.32. The Morgan fingerprint density at radius 1 is 1.06 bits per heavy atom. The molecule has 2 amide bonds. The van der Waals surface area contributed by atoms with E-state index in [1.54, 1.807) is 53.4 Å². The minimum atomic E-state index is -0.656. The monoisotopic (exact) mass is 521 g/mol. The predicted octanol–water partition coefficient (Wildman–Crippen LogP) is 5.33. The number of thioether (sulfide) groups is 1. The number of anilines is 1. The smallest absolute Gasteiger partial charge is 0.337 e. The van der Waals surface area contributed by atoms with E-state index in [1.165, 1.54) is 18.9 Å². The molecule has 0 aliphatic carbocycles. The first-order valence-corrected chi connectivity index (χ1v) is 12.5. The molecule has 0 radical (unpaired) electrons. The number of ether oxygens (including phenoxy) is 1. The maximum Gasteiger partial charge on any atom is 0.337 e. The van der Waals surface area contributed by atoms with Crippen molar-refractivity contribution in [2.45, 2.75) is 18.1 Å². The number of carbonyl (C=O) groups is 3. The minimum absolute atomic E-state index is 0.0468. The SMILES string of the molecule is COC(=O)c1ccc(NC(=O)C2CC(=O)N(CCc3ccccc3)C(=Nc3ccc(Cl)cc3)S2)cc1. The molecule has 4 rings (SSSR count). The Hall–Kier alpha value is -3.62. The van der Waals surface area contributed by atoms with Crippen LogP contribution in [0, 0.1) is 0 Å². The summed E-state index contributed by atoms with van der Waals surface area (Å²) in [5.41, 5.74) is 2.64. The summed E-state index contributed by atoms with van der Waals surface area (Å²) >= 11 is 7.26. The quantitative estimate of drug-likeness (QED) is 0.424. The number of nitrogens with one attached hydrogen (secondary N) is 1. The van der Waals surface area contributed by atoms with Gasteiger partial charge >= 0.3 is 5.97 Å². The van der Waals surface area contributed by atoms with Gasteiger partial charge in [0.15, 0.2) is 5.17 Å². The van der Waals surface area contributed by atoms with Gasteiger partial charge in [-0.05, 0) is 60.5 Å². The number of methoxy groups -OCH3 is 1. The molecule has 36 heavy (non-hydrogen) atoms. The van der Waals surface area contributed by atoms with Crippen LogP contribution >= 0.6 is 23.4 Å². The summed E-state index contributed by atoms with van der Waals surface area (Å²) in [6, 6.07) is 23.3. The van der Waals surface area contributed by atoms with Gasteiger partial charge in [0.25, 0.3) is 0 Å². The lowest BCUT2D eigenvalue weighted by molar-refractivity contribution is -0.129. The van der Waals surface area contributed by atoms with Crippen LogP contribution in [0.1, 0.15) is 22.3 Å². The first kappa shape index (κ1) is 25.5. The van der Waals surface area contributed by atoms with Crippen LogP contribution < -0.4 is 5.32 Å². The summed E-state index contributed by atoms with van der Waals surface area (Å²) in [4.78, 5) is 44.2. The number of amidine groups is 1. The number of carbonyl (C=O) groups excluding carboxylic acids is 3. The number of nitrogens with zero attached hydrogens (tertiary/aromatic N) is 2. The van der Waals surface area contributed by atoms with Crippen LogP contribution in [-0.2, 0) is 20.7 Å². The average Bonchev–Trinajstić information content (AvgIpc) is 2.90. The van der Waals surface area contributed by atoms with Crippen molar-refractivity contribution in [3.8, 4) is 0 Å². The Kier molecular flexibility index (Phi) is 8.40. The summed E-state index contributed by atoms with van der Waals surface area (Å²) in [6.45, 7) is 0.450. The molecule has 1 saturated heterocycles. The van der Waals surface area contributed by atoms with Crippen LogP contribution in [0.2, 0.25) is 5.02 Å². The first-order valence-electron chi connectivity index (χ1n) is 11.3. The Morgan fingerprint density at radius 3 is 2.42 bits per heavy atom. The highest BCUT2D eigenvalue weighted by molar-refractivity contribution is 8.15. The van der Waals surface area contributed by atoms with Gasteiger partial charge in [-0.25, -0.2) is 9.79 Å². The summed E-state index contributed by atoms with van der Waals surface area (Å²) in [7, 11) is 1.31. The van der Waals surface area contributed by atoms with Gasteiger partial charge < -0.3 is 10.1 Å². The number of aliphatic imine (C=N–C) groups is 1. The number of rotatable bonds is 7. The molecule has 1 fully saturated rings. The molecule has 1 heterocycles. The van der Waals surface area contributed by atoms with Crippen LogP contribution in [0.4, 0.5) is 11.4 Å². The molecule has 184 valence electrons. The van der Waals surface area contributed by atoms with E-state index in [1.807, 2.05) is 30.3 Å². The lowest BCUT2D eigenvalue weighted by Crippen LogP contribution is -2.46. The van der Waals surface area contributed by atoms with E-state index in [0.29, 0.717) is 40.1 Å².